The molecule has 1 amide bonds. The van der Waals surface area contributed by atoms with Crippen LogP contribution in [0.4, 0.5) is 5.69 Å². The van der Waals surface area contributed by atoms with Crippen LogP contribution in [-0.2, 0) is 4.79 Å². The van der Waals surface area contributed by atoms with Crippen molar-refractivity contribution in [2.24, 2.45) is 4.99 Å². The van der Waals surface area contributed by atoms with E-state index in [1.54, 1.807) is 7.11 Å². The Hall–Kier alpha value is -2.25. The van der Waals surface area contributed by atoms with Crippen molar-refractivity contribution < 1.29 is 9.53 Å². The van der Waals surface area contributed by atoms with Gasteiger partial charge in [-0.2, -0.15) is 4.99 Å². The molecule has 2 aliphatic rings. The summed E-state index contributed by atoms with van der Waals surface area (Å²) in [6.45, 7) is 3.47. The maximum Gasteiger partial charge on any atom is 0.286 e. The third-order valence-corrected chi connectivity index (χ3v) is 6.28. The lowest BCUT2D eigenvalue weighted by Crippen LogP contribution is -2.47. The van der Waals surface area contributed by atoms with Gasteiger partial charge in [0.1, 0.15) is 5.75 Å². The summed E-state index contributed by atoms with van der Waals surface area (Å²) >= 11 is 4.93. The molecular formula is C21H20BrN3O2S. The van der Waals surface area contributed by atoms with Gasteiger partial charge in [0.25, 0.3) is 5.91 Å². The molecule has 0 saturated carbocycles. The quantitative estimate of drug-likeness (QED) is 0.644. The zero-order valence-electron chi connectivity index (χ0n) is 15.5. The normalized spacial score (nSPS) is 18.6. The number of rotatable bonds is 3. The summed E-state index contributed by atoms with van der Waals surface area (Å²) in [4.78, 5) is 21.8. The number of carbonyl (C=O) groups is 1. The fourth-order valence-electron chi connectivity index (χ4n) is 3.23. The van der Waals surface area contributed by atoms with E-state index in [1.165, 1.54) is 17.4 Å². The fourth-order valence-corrected chi connectivity index (χ4v) is 4.61. The van der Waals surface area contributed by atoms with Gasteiger partial charge in [0, 0.05) is 36.3 Å². The number of benzene rings is 2. The summed E-state index contributed by atoms with van der Waals surface area (Å²) in [6.07, 6.45) is 1.90. The van der Waals surface area contributed by atoms with Crippen LogP contribution in [0.1, 0.15) is 5.56 Å². The molecule has 0 aromatic heterocycles. The number of halogens is 1. The summed E-state index contributed by atoms with van der Waals surface area (Å²) in [6, 6.07) is 16.0. The van der Waals surface area contributed by atoms with Crippen molar-refractivity contribution in [2.45, 2.75) is 0 Å². The molecular weight excluding hydrogens is 438 g/mol. The molecule has 2 aromatic carbocycles. The van der Waals surface area contributed by atoms with Gasteiger partial charge in [-0.1, -0.05) is 28.1 Å². The highest BCUT2D eigenvalue weighted by atomic mass is 79.9. The zero-order valence-corrected chi connectivity index (χ0v) is 17.9. The van der Waals surface area contributed by atoms with Gasteiger partial charge < -0.3 is 14.5 Å². The predicted octanol–water partition coefficient (Wildman–Crippen LogP) is 4.25. The van der Waals surface area contributed by atoms with Gasteiger partial charge in [0.15, 0.2) is 5.17 Å². The molecule has 0 aliphatic carbocycles. The Labute approximate surface area is 177 Å². The molecule has 0 N–H and O–H groups in total. The minimum atomic E-state index is -0.155. The Morgan fingerprint density at radius 3 is 2.46 bits per heavy atom. The molecule has 1 fully saturated rings. The van der Waals surface area contributed by atoms with Gasteiger partial charge in [0.05, 0.1) is 12.0 Å². The van der Waals surface area contributed by atoms with Crippen LogP contribution in [0.25, 0.3) is 6.08 Å². The van der Waals surface area contributed by atoms with E-state index in [4.69, 9.17) is 4.74 Å². The van der Waals surface area contributed by atoms with Crippen molar-refractivity contribution in [1.82, 2.24) is 4.90 Å². The molecule has 0 bridgehead atoms. The molecule has 7 heteroatoms. The SMILES string of the molecule is COc1ccc(N2CCN(C3=NC(=O)C(=Cc4cccc(Br)c4)S3)CC2)cc1. The molecule has 1 saturated heterocycles. The Balaban J connectivity index is 1.38. The van der Waals surface area contributed by atoms with Gasteiger partial charge in [-0.3, -0.25) is 4.79 Å². The highest BCUT2D eigenvalue weighted by molar-refractivity contribution is 9.10. The lowest BCUT2D eigenvalue weighted by molar-refractivity contribution is -0.113. The zero-order chi connectivity index (χ0) is 19.5. The van der Waals surface area contributed by atoms with Crippen LogP contribution in [0.3, 0.4) is 0 Å². The number of anilines is 1. The first-order chi connectivity index (χ1) is 13.6. The molecule has 4 rings (SSSR count). The summed E-state index contributed by atoms with van der Waals surface area (Å²) in [5.74, 6) is 0.708. The van der Waals surface area contributed by atoms with Crippen LogP contribution in [0, 0.1) is 0 Å². The predicted molar refractivity (Wildman–Crippen MR) is 119 cm³/mol. The van der Waals surface area contributed by atoms with E-state index in [1.807, 2.05) is 42.5 Å². The van der Waals surface area contributed by atoms with E-state index in [0.29, 0.717) is 4.91 Å². The molecule has 0 radical (unpaired) electrons. The van der Waals surface area contributed by atoms with Crippen LogP contribution in [-0.4, -0.2) is 49.3 Å². The second kappa shape index (κ2) is 8.41. The minimum Gasteiger partial charge on any atom is -0.497 e. The van der Waals surface area contributed by atoms with Crippen LogP contribution in [0.5, 0.6) is 5.75 Å². The molecule has 144 valence electrons. The Morgan fingerprint density at radius 1 is 1.07 bits per heavy atom. The smallest absolute Gasteiger partial charge is 0.286 e. The number of amidine groups is 1. The first kappa shape index (κ1) is 19.1. The number of nitrogens with zero attached hydrogens (tertiary/aromatic N) is 3. The first-order valence-electron chi connectivity index (χ1n) is 9.04. The van der Waals surface area contributed by atoms with Crippen LogP contribution in [0.2, 0.25) is 0 Å². The second-order valence-corrected chi connectivity index (χ2v) is 8.46. The van der Waals surface area contributed by atoms with Gasteiger partial charge in [0.2, 0.25) is 0 Å². The van der Waals surface area contributed by atoms with Gasteiger partial charge in [-0.15, -0.1) is 0 Å². The van der Waals surface area contributed by atoms with Crippen molar-refractivity contribution in [3.63, 3.8) is 0 Å². The van der Waals surface area contributed by atoms with Crippen molar-refractivity contribution >= 4 is 50.5 Å². The average Bonchev–Trinajstić information content (AvgIpc) is 3.08. The fraction of sp³-hybridized carbons (Fsp3) is 0.238. The van der Waals surface area contributed by atoms with Gasteiger partial charge >= 0.3 is 0 Å². The van der Waals surface area contributed by atoms with Crippen molar-refractivity contribution in [3.8, 4) is 5.75 Å². The standard InChI is InChI=1S/C21H20BrN3O2S/c1-27-18-7-5-17(6-8-18)24-9-11-25(12-10-24)21-23-20(26)19(28-21)14-15-3-2-4-16(22)13-15/h2-8,13-14H,9-12H2,1H3. The summed E-state index contributed by atoms with van der Waals surface area (Å²) in [5, 5.41) is 0.806. The number of aliphatic imine (C=N–C) groups is 1. The van der Waals surface area contributed by atoms with E-state index in [9.17, 15) is 4.79 Å². The molecule has 2 aliphatic heterocycles. The molecule has 0 unspecified atom stereocenters. The number of methoxy groups -OCH3 is 1. The molecule has 5 nitrogen and oxygen atoms in total. The Bertz CT molecular complexity index is 935. The van der Waals surface area contributed by atoms with E-state index in [0.717, 1.165) is 47.1 Å². The number of ether oxygens (including phenoxy) is 1. The third kappa shape index (κ3) is 4.25. The molecule has 0 atom stereocenters. The highest BCUT2D eigenvalue weighted by Gasteiger charge is 2.28. The number of amides is 1. The van der Waals surface area contributed by atoms with Gasteiger partial charge in [-0.25, -0.2) is 0 Å². The van der Waals surface area contributed by atoms with Gasteiger partial charge in [-0.05, 0) is 59.8 Å². The largest absolute Gasteiger partial charge is 0.497 e. The molecule has 28 heavy (non-hydrogen) atoms. The van der Waals surface area contributed by atoms with E-state index in [-0.39, 0.29) is 5.91 Å². The minimum absolute atomic E-state index is 0.155. The molecule has 2 heterocycles. The maximum atomic E-state index is 12.3. The van der Waals surface area contributed by atoms with E-state index in [2.05, 4.69) is 42.9 Å². The van der Waals surface area contributed by atoms with Crippen molar-refractivity contribution in [1.29, 1.82) is 0 Å². The maximum absolute atomic E-state index is 12.3. The van der Waals surface area contributed by atoms with Crippen LogP contribution < -0.4 is 9.64 Å². The van der Waals surface area contributed by atoms with Crippen LogP contribution >= 0.6 is 27.7 Å². The summed E-state index contributed by atoms with van der Waals surface area (Å²) in [5.41, 5.74) is 2.18. The van der Waals surface area contributed by atoms with Crippen LogP contribution in [0.15, 0.2) is 62.9 Å². The number of carbonyl (C=O) groups excluding carboxylic acids is 1. The highest BCUT2D eigenvalue weighted by Crippen LogP contribution is 2.31. The lowest BCUT2D eigenvalue weighted by atomic mass is 10.2. The Morgan fingerprint density at radius 2 is 1.79 bits per heavy atom. The van der Waals surface area contributed by atoms with E-state index >= 15 is 0 Å². The Kier molecular flexibility index (Phi) is 5.73. The topological polar surface area (TPSA) is 45.1 Å². The second-order valence-electron chi connectivity index (χ2n) is 6.54. The number of piperazine rings is 1. The first-order valence-corrected chi connectivity index (χ1v) is 10.7. The number of hydrogen-bond donors (Lipinski definition) is 0. The number of hydrogen-bond acceptors (Lipinski definition) is 5. The summed E-state index contributed by atoms with van der Waals surface area (Å²) in [7, 11) is 1.67. The number of thioether (sulfide) groups is 1. The molecule has 2 aromatic rings. The molecule has 0 spiro atoms. The average molecular weight is 458 g/mol. The van der Waals surface area contributed by atoms with E-state index < -0.39 is 0 Å². The summed E-state index contributed by atoms with van der Waals surface area (Å²) < 4.78 is 6.22. The van der Waals surface area contributed by atoms with Crippen molar-refractivity contribution in [2.75, 3.05) is 38.2 Å². The monoisotopic (exact) mass is 457 g/mol. The lowest BCUT2D eigenvalue weighted by Gasteiger charge is -2.36. The third-order valence-electron chi connectivity index (χ3n) is 4.74. The van der Waals surface area contributed by atoms with Crippen molar-refractivity contribution in [3.05, 3.63) is 63.5 Å².